The van der Waals surface area contributed by atoms with Gasteiger partial charge in [0, 0.05) is 29.5 Å². The van der Waals surface area contributed by atoms with Crippen LogP contribution in [0, 0.1) is 6.92 Å². The molecule has 0 fully saturated rings. The number of rotatable bonds is 6. The molecule has 0 radical (unpaired) electrons. The van der Waals surface area contributed by atoms with Crippen LogP contribution >= 0.6 is 11.3 Å². The summed E-state index contributed by atoms with van der Waals surface area (Å²) in [4.78, 5) is 16.8. The summed E-state index contributed by atoms with van der Waals surface area (Å²) in [6.07, 6.45) is 0.713. The van der Waals surface area contributed by atoms with Gasteiger partial charge in [-0.15, -0.1) is 11.3 Å². The lowest BCUT2D eigenvalue weighted by molar-refractivity contribution is 0.0954. The zero-order chi connectivity index (χ0) is 17.6. The normalized spacial score (nSPS) is 10.5. The first-order valence-corrected chi connectivity index (χ1v) is 8.97. The molecule has 4 nitrogen and oxygen atoms in total. The van der Waals surface area contributed by atoms with E-state index in [9.17, 15) is 4.79 Å². The van der Waals surface area contributed by atoms with E-state index < -0.39 is 0 Å². The summed E-state index contributed by atoms with van der Waals surface area (Å²) in [7, 11) is 1.61. The fourth-order valence-corrected chi connectivity index (χ4v) is 3.33. The number of carbonyl (C=O) groups is 1. The Labute approximate surface area is 151 Å². The summed E-state index contributed by atoms with van der Waals surface area (Å²) in [5.41, 5.74) is 3.98. The molecule has 1 N–H and O–H groups in total. The van der Waals surface area contributed by atoms with Crippen LogP contribution in [-0.2, 0) is 6.42 Å². The monoisotopic (exact) mass is 352 g/mol. The number of amides is 1. The van der Waals surface area contributed by atoms with Crippen molar-refractivity contribution in [2.75, 3.05) is 13.7 Å². The van der Waals surface area contributed by atoms with Gasteiger partial charge in [-0.25, -0.2) is 4.98 Å². The summed E-state index contributed by atoms with van der Waals surface area (Å²) in [6, 6.07) is 15.4. The van der Waals surface area contributed by atoms with Crippen molar-refractivity contribution < 1.29 is 9.53 Å². The zero-order valence-electron chi connectivity index (χ0n) is 14.3. The van der Waals surface area contributed by atoms with Crippen molar-refractivity contribution in [2.45, 2.75) is 13.3 Å². The largest absolute Gasteiger partial charge is 0.497 e. The first kappa shape index (κ1) is 17.2. The minimum absolute atomic E-state index is 0.0863. The highest BCUT2D eigenvalue weighted by atomic mass is 32.1. The van der Waals surface area contributed by atoms with Crippen molar-refractivity contribution in [3.8, 4) is 16.3 Å². The van der Waals surface area contributed by atoms with E-state index in [0.29, 0.717) is 18.5 Å². The molecular weight excluding hydrogens is 332 g/mol. The van der Waals surface area contributed by atoms with E-state index in [1.54, 1.807) is 42.7 Å². The highest BCUT2D eigenvalue weighted by molar-refractivity contribution is 7.13. The Kier molecular flexibility index (Phi) is 5.46. The fraction of sp³-hybridized carbons (Fsp3) is 0.200. The molecule has 5 heteroatoms. The highest BCUT2D eigenvalue weighted by Gasteiger charge is 2.07. The summed E-state index contributed by atoms with van der Waals surface area (Å²) in [5, 5.41) is 5.99. The maximum absolute atomic E-state index is 12.1. The summed E-state index contributed by atoms with van der Waals surface area (Å²) >= 11 is 1.63. The number of carbonyl (C=O) groups excluding carboxylic acids is 1. The number of hydrogen-bond donors (Lipinski definition) is 1. The molecule has 1 amide bonds. The van der Waals surface area contributed by atoms with Crippen molar-refractivity contribution in [2.24, 2.45) is 0 Å². The molecule has 0 saturated carbocycles. The second kappa shape index (κ2) is 7.94. The molecule has 0 atom stereocenters. The van der Waals surface area contributed by atoms with Crippen LogP contribution < -0.4 is 10.1 Å². The Balaban J connectivity index is 1.54. The summed E-state index contributed by atoms with van der Waals surface area (Å²) in [5.74, 6) is 0.652. The number of nitrogens with one attached hydrogen (secondary N) is 1. The summed E-state index contributed by atoms with van der Waals surface area (Å²) in [6.45, 7) is 2.63. The van der Waals surface area contributed by atoms with E-state index in [-0.39, 0.29) is 5.91 Å². The molecular formula is C20H20N2O2S. The van der Waals surface area contributed by atoms with Crippen LogP contribution in [0.15, 0.2) is 53.9 Å². The molecule has 3 rings (SSSR count). The van der Waals surface area contributed by atoms with Crippen molar-refractivity contribution in [1.82, 2.24) is 10.3 Å². The number of hydrogen-bond acceptors (Lipinski definition) is 4. The Bertz CT molecular complexity index is 856. The molecule has 128 valence electrons. The summed E-state index contributed by atoms with van der Waals surface area (Å²) < 4.78 is 5.10. The van der Waals surface area contributed by atoms with Gasteiger partial charge in [-0.2, -0.15) is 0 Å². The van der Waals surface area contributed by atoms with Gasteiger partial charge in [0.2, 0.25) is 0 Å². The third-order valence-corrected chi connectivity index (χ3v) is 4.78. The average molecular weight is 352 g/mol. The Morgan fingerprint density at radius 1 is 1.20 bits per heavy atom. The van der Waals surface area contributed by atoms with Gasteiger partial charge in [-0.05, 0) is 37.3 Å². The van der Waals surface area contributed by atoms with Gasteiger partial charge in [0.15, 0.2) is 0 Å². The molecule has 2 aromatic carbocycles. The Morgan fingerprint density at radius 3 is 2.72 bits per heavy atom. The third-order valence-electron chi connectivity index (χ3n) is 3.84. The van der Waals surface area contributed by atoms with E-state index in [4.69, 9.17) is 4.74 Å². The van der Waals surface area contributed by atoms with Gasteiger partial charge in [-0.1, -0.05) is 23.8 Å². The molecule has 0 unspecified atom stereocenters. The predicted molar refractivity (Wildman–Crippen MR) is 101 cm³/mol. The van der Waals surface area contributed by atoms with Crippen LogP contribution in [0.25, 0.3) is 10.6 Å². The maximum atomic E-state index is 12.1. The molecule has 0 aliphatic rings. The second-order valence-electron chi connectivity index (χ2n) is 5.75. The molecule has 25 heavy (non-hydrogen) atoms. The van der Waals surface area contributed by atoms with Crippen molar-refractivity contribution in [3.05, 3.63) is 70.7 Å². The third kappa shape index (κ3) is 4.45. The Morgan fingerprint density at radius 2 is 2.00 bits per heavy atom. The van der Waals surface area contributed by atoms with Crippen molar-refractivity contribution in [1.29, 1.82) is 0 Å². The van der Waals surface area contributed by atoms with Crippen LogP contribution in [0.3, 0.4) is 0 Å². The number of aromatic nitrogens is 1. The number of methoxy groups -OCH3 is 1. The van der Waals surface area contributed by atoms with E-state index >= 15 is 0 Å². The maximum Gasteiger partial charge on any atom is 0.251 e. The lowest BCUT2D eigenvalue weighted by atomic mass is 10.1. The number of benzene rings is 2. The van der Waals surface area contributed by atoms with Crippen LogP contribution in [0.5, 0.6) is 5.75 Å². The van der Waals surface area contributed by atoms with Crippen LogP contribution in [-0.4, -0.2) is 24.5 Å². The molecule has 1 aromatic heterocycles. The smallest absolute Gasteiger partial charge is 0.251 e. The first-order valence-electron chi connectivity index (χ1n) is 8.09. The number of aryl methyl sites for hydroxylation is 1. The van der Waals surface area contributed by atoms with E-state index in [1.165, 1.54) is 5.56 Å². The van der Waals surface area contributed by atoms with Crippen LogP contribution in [0.2, 0.25) is 0 Å². The first-order chi connectivity index (χ1) is 12.2. The lowest BCUT2D eigenvalue weighted by Crippen LogP contribution is -2.25. The fourth-order valence-electron chi connectivity index (χ4n) is 2.48. The molecule has 0 spiro atoms. The lowest BCUT2D eigenvalue weighted by Gasteiger charge is -2.05. The number of thiazole rings is 1. The highest BCUT2D eigenvalue weighted by Crippen LogP contribution is 2.24. The SMILES string of the molecule is COc1ccc(C(=O)NCCc2csc(-c3cccc(C)c3)n2)cc1. The van der Waals surface area contributed by atoms with Crippen LogP contribution in [0.1, 0.15) is 21.6 Å². The van der Waals surface area contributed by atoms with Gasteiger partial charge in [-0.3, -0.25) is 4.79 Å². The van der Waals surface area contributed by atoms with E-state index in [2.05, 4.69) is 40.8 Å². The molecule has 0 bridgehead atoms. The topological polar surface area (TPSA) is 51.2 Å². The number of ether oxygens (including phenoxy) is 1. The standard InChI is InChI=1S/C20H20N2O2S/c1-14-4-3-5-16(12-14)20-22-17(13-25-20)10-11-21-19(23)15-6-8-18(24-2)9-7-15/h3-9,12-13H,10-11H2,1-2H3,(H,21,23). The van der Waals surface area contributed by atoms with Crippen LogP contribution in [0.4, 0.5) is 0 Å². The van der Waals surface area contributed by atoms with Gasteiger partial charge in [0.25, 0.3) is 5.91 Å². The molecule has 0 aliphatic carbocycles. The minimum Gasteiger partial charge on any atom is -0.497 e. The second-order valence-corrected chi connectivity index (χ2v) is 6.61. The predicted octanol–water partition coefficient (Wildman–Crippen LogP) is 4.10. The van der Waals surface area contributed by atoms with Gasteiger partial charge in [0.05, 0.1) is 12.8 Å². The van der Waals surface area contributed by atoms with Crippen molar-refractivity contribution >= 4 is 17.2 Å². The van der Waals surface area contributed by atoms with E-state index in [0.717, 1.165) is 22.0 Å². The molecule has 0 saturated heterocycles. The average Bonchev–Trinajstić information content (AvgIpc) is 3.11. The van der Waals surface area contributed by atoms with Gasteiger partial charge in [0.1, 0.15) is 10.8 Å². The zero-order valence-corrected chi connectivity index (χ0v) is 15.1. The molecule has 1 heterocycles. The van der Waals surface area contributed by atoms with E-state index in [1.807, 2.05) is 6.07 Å². The van der Waals surface area contributed by atoms with Crippen molar-refractivity contribution in [3.63, 3.8) is 0 Å². The quantitative estimate of drug-likeness (QED) is 0.727. The Hall–Kier alpha value is -2.66. The minimum atomic E-state index is -0.0863. The number of nitrogens with zero attached hydrogens (tertiary/aromatic N) is 1. The van der Waals surface area contributed by atoms with Gasteiger partial charge >= 0.3 is 0 Å². The van der Waals surface area contributed by atoms with Gasteiger partial charge < -0.3 is 10.1 Å². The molecule has 3 aromatic rings. The molecule has 0 aliphatic heterocycles.